The smallest absolute Gasteiger partial charge is 0.212 e. The van der Waals surface area contributed by atoms with Crippen LogP contribution >= 0.6 is 0 Å². The highest BCUT2D eigenvalue weighted by molar-refractivity contribution is 7.89. The van der Waals surface area contributed by atoms with Crippen LogP contribution in [0.15, 0.2) is 0 Å². The van der Waals surface area contributed by atoms with Crippen molar-refractivity contribution >= 4 is 10.0 Å². The van der Waals surface area contributed by atoms with Gasteiger partial charge in [-0.2, -0.15) is 0 Å². The fourth-order valence-electron chi connectivity index (χ4n) is 2.02. The predicted octanol–water partition coefficient (Wildman–Crippen LogP) is 1.31. The summed E-state index contributed by atoms with van der Waals surface area (Å²) in [4.78, 5) is 0. The Labute approximate surface area is 81.2 Å². The minimum absolute atomic E-state index is 0.229. The van der Waals surface area contributed by atoms with Crippen LogP contribution in [0, 0.1) is 11.8 Å². The third-order valence-corrected chi connectivity index (χ3v) is 4.41. The van der Waals surface area contributed by atoms with Crippen LogP contribution in [0.3, 0.4) is 0 Å². The second-order valence-corrected chi connectivity index (χ2v) is 6.42. The third kappa shape index (κ3) is 2.68. The van der Waals surface area contributed by atoms with Gasteiger partial charge in [0.1, 0.15) is 0 Å². The van der Waals surface area contributed by atoms with E-state index in [0.29, 0.717) is 24.9 Å². The van der Waals surface area contributed by atoms with Crippen molar-refractivity contribution in [3.05, 3.63) is 0 Å². The molecule has 0 aromatic rings. The Hall–Kier alpha value is -0.0900. The zero-order chi connectivity index (χ0) is 10.1. The number of sulfonamides is 1. The molecule has 1 aliphatic heterocycles. The Morgan fingerprint density at radius 2 is 1.69 bits per heavy atom. The van der Waals surface area contributed by atoms with Crippen molar-refractivity contribution in [1.29, 1.82) is 0 Å². The molecule has 0 amide bonds. The maximum Gasteiger partial charge on any atom is 0.213 e. The molecule has 0 spiro atoms. The Kier molecular flexibility index (Phi) is 3.35. The van der Waals surface area contributed by atoms with Crippen molar-refractivity contribution in [1.82, 2.24) is 4.31 Å². The lowest BCUT2D eigenvalue weighted by atomic mass is 9.94. The zero-order valence-electron chi connectivity index (χ0n) is 8.66. The SMILES string of the molecule is CCS(=O)(=O)N1C[C@@H](C)C[C@H](C)C1. The Bertz CT molecular complexity index is 251. The molecule has 3 nitrogen and oxygen atoms in total. The summed E-state index contributed by atoms with van der Waals surface area (Å²) in [5.41, 5.74) is 0. The average Bonchev–Trinajstić information content (AvgIpc) is 2.02. The van der Waals surface area contributed by atoms with Gasteiger partial charge in [-0.1, -0.05) is 13.8 Å². The van der Waals surface area contributed by atoms with Gasteiger partial charge in [0, 0.05) is 13.1 Å². The van der Waals surface area contributed by atoms with E-state index < -0.39 is 10.0 Å². The van der Waals surface area contributed by atoms with Crippen LogP contribution in [0.25, 0.3) is 0 Å². The second-order valence-electron chi connectivity index (χ2n) is 4.16. The standard InChI is InChI=1S/C9H19NO2S/c1-4-13(11,12)10-6-8(2)5-9(3)7-10/h8-9H,4-7H2,1-3H3/t8-,9-/m0/s1. The molecule has 0 N–H and O–H groups in total. The van der Waals surface area contributed by atoms with Gasteiger partial charge in [-0.25, -0.2) is 12.7 Å². The van der Waals surface area contributed by atoms with E-state index >= 15 is 0 Å². The van der Waals surface area contributed by atoms with E-state index in [0.717, 1.165) is 6.42 Å². The first kappa shape index (κ1) is 11.0. The first-order valence-electron chi connectivity index (χ1n) is 4.93. The molecule has 0 unspecified atom stereocenters. The number of nitrogens with zero attached hydrogens (tertiary/aromatic N) is 1. The molecule has 0 radical (unpaired) electrons. The van der Waals surface area contributed by atoms with Crippen molar-refractivity contribution in [2.45, 2.75) is 27.2 Å². The normalized spacial score (nSPS) is 31.9. The molecule has 4 heteroatoms. The van der Waals surface area contributed by atoms with E-state index in [9.17, 15) is 8.42 Å². The van der Waals surface area contributed by atoms with Crippen molar-refractivity contribution in [3.63, 3.8) is 0 Å². The molecular formula is C9H19NO2S. The number of rotatable bonds is 2. The molecule has 78 valence electrons. The van der Waals surface area contributed by atoms with E-state index in [1.54, 1.807) is 11.2 Å². The monoisotopic (exact) mass is 205 g/mol. The summed E-state index contributed by atoms with van der Waals surface area (Å²) in [6, 6.07) is 0. The van der Waals surface area contributed by atoms with Crippen molar-refractivity contribution in [2.24, 2.45) is 11.8 Å². The third-order valence-electron chi connectivity index (χ3n) is 2.59. The summed E-state index contributed by atoms with van der Waals surface area (Å²) < 4.78 is 24.8. The van der Waals surface area contributed by atoms with Gasteiger partial charge < -0.3 is 0 Å². The maximum atomic E-state index is 11.6. The van der Waals surface area contributed by atoms with E-state index in [2.05, 4.69) is 13.8 Å². The highest BCUT2D eigenvalue weighted by Crippen LogP contribution is 2.23. The molecule has 0 saturated carbocycles. The summed E-state index contributed by atoms with van der Waals surface area (Å²) in [6.45, 7) is 7.36. The van der Waals surface area contributed by atoms with E-state index in [1.807, 2.05) is 0 Å². The first-order valence-corrected chi connectivity index (χ1v) is 6.54. The number of piperidine rings is 1. The lowest BCUT2D eigenvalue weighted by Gasteiger charge is -2.33. The largest absolute Gasteiger partial charge is 0.213 e. The summed E-state index contributed by atoms with van der Waals surface area (Å²) in [5.74, 6) is 1.24. The zero-order valence-corrected chi connectivity index (χ0v) is 9.47. The van der Waals surface area contributed by atoms with Crippen LogP contribution in [0.5, 0.6) is 0 Å². The van der Waals surface area contributed by atoms with Gasteiger partial charge in [0.25, 0.3) is 0 Å². The van der Waals surface area contributed by atoms with E-state index in [1.165, 1.54) is 0 Å². The van der Waals surface area contributed by atoms with Gasteiger partial charge in [0.05, 0.1) is 5.75 Å². The Morgan fingerprint density at radius 1 is 1.23 bits per heavy atom. The molecular weight excluding hydrogens is 186 g/mol. The van der Waals surface area contributed by atoms with E-state index in [-0.39, 0.29) is 5.75 Å². The maximum absolute atomic E-state index is 11.6. The van der Waals surface area contributed by atoms with Crippen molar-refractivity contribution in [3.8, 4) is 0 Å². The molecule has 1 fully saturated rings. The van der Waals surface area contributed by atoms with Gasteiger partial charge in [0.15, 0.2) is 0 Å². The van der Waals surface area contributed by atoms with Crippen LogP contribution in [0.4, 0.5) is 0 Å². The van der Waals surface area contributed by atoms with Crippen molar-refractivity contribution < 1.29 is 8.42 Å². The molecule has 13 heavy (non-hydrogen) atoms. The highest BCUT2D eigenvalue weighted by Gasteiger charge is 2.28. The molecule has 2 atom stereocenters. The minimum atomic E-state index is -2.95. The topological polar surface area (TPSA) is 37.4 Å². The summed E-state index contributed by atoms with van der Waals surface area (Å²) in [7, 11) is -2.95. The molecule has 0 aliphatic carbocycles. The molecule has 1 saturated heterocycles. The summed E-state index contributed by atoms with van der Waals surface area (Å²) in [6.07, 6.45) is 1.15. The molecule has 1 heterocycles. The average molecular weight is 205 g/mol. The molecule has 1 aliphatic rings. The van der Waals surface area contributed by atoms with Gasteiger partial charge >= 0.3 is 0 Å². The number of hydrogen-bond acceptors (Lipinski definition) is 2. The Balaban J connectivity index is 2.71. The van der Waals surface area contributed by atoms with Crippen LogP contribution in [0.2, 0.25) is 0 Å². The fourth-order valence-corrected chi connectivity index (χ4v) is 3.34. The van der Waals surface area contributed by atoms with Gasteiger partial charge in [-0.05, 0) is 25.2 Å². The summed E-state index contributed by atoms with van der Waals surface area (Å²) >= 11 is 0. The van der Waals surface area contributed by atoms with Crippen LogP contribution in [0.1, 0.15) is 27.2 Å². The Morgan fingerprint density at radius 3 is 2.08 bits per heavy atom. The van der Waals surface area contributed by atoms with Crippen LogP contribution < -0.4 is 0 Å². The molecule has 0 aromatic heterocycles. The number of hydrogen-bond donors (Lipinski definition) is 0. The lowest BCUT2D eigenvalue weighted by Crippen LogP contribution is -2.43. The van der Waals surface area contributed by atoms with Gasteiger partial charge in [-0.15, -0.1) is 0 Å². The molecule has 0 bridgehead atoms. The van der Waals surface area contributed by atoms with Gasteiger partial charge in [0.2, 0.25) is 10.0 Å². The predicted molar refractivity (Wildman–Crippen MR) is 54.0 cm³/mol. The van der Waals surface area contributed by atoms with Crippen LogP contribution in [-0.2, 0) is 10.0 Å². The van der Waals surface area contributed by atoms with Crippen LogP contribution in [-0.4, -0.2) is 31.6 Å². The fraction of sp³-hybridized carbons (Fsp3) is 1.00. The summed E-state index contributed by atoms with van der Waals surface area (Å²) in [5, 5.41) is 0. The lowest BCUT2D eigenvalue weighted by molar-refractivity contribution is 0.223. The van der Waals surface area contributed by atoms with Gasteiger partial charge in [-0.3, -0.25) is 0 Å². The molecule has 1 rings (SSSR count). The van der Waals surface area contributed by atoms with E-state index in [4.69, 9.17) is 0 Å². The second kappa shape index (κ2) is 3.96. The first-order chi connectivity index (χ1) is 5.95. The minimum Gasteiger partial charge on any atom is -0.212 e. The quantitative estimate of drug-likeness (QED) is 0.681. The highest BCUT2D eigenvalue weighted by atomic mass is 32.2. The molecule has 0 aromatic carbocycles. The van der Waals surface area contributed by atoms with Crippen molar-refractivity contribution in [2.75, 3.05) is 18.8 Å².